The van der Waals surface area contributed by atoms with Crippen molar-refractivity contribution in [3.63, 3.8) is 0 Å². The molecule has 0 heterocycles. The van der Waals surface area contributed by atoms with Crippen LogP contribution >= 0.6 is 0 Å². The number of benzene rings is 1. The molecule has 1 aromatic carbocycles. The van der Waals surface area contributed by atoms with Crippen molar-refractivity contribution >= 4 is 11.9 Å². The Morgan fingerprint density at radius 1 is 1.08 bits per heavy atom. The molecule has 0 aliphatic heterocycles. The Morgan fingerprint density at radius 2 is 1.79 bits per heavy atom. The topological polar surface area (TPSA) is 73.9 Å². The Bertz CT molecular complexity index is 556. The van der Waals surface area contributed by atoms with Gasteiger partial charge in [-0.25, -0.2) is 4.79 Å². The van der Waals surface area contributed by atoms with Crippen LogP contribution in [0.15, 0.2) is 18.2 Å². The number of rotatable bonds is 9. The van der Waals surface area contributed by atoms with Crippen LogP contribution in [0.3, 0.4) is 0 Å². The van der Waals surface area contributed by atoms with Gasteiger partial charge in [0.05, 0.1) is 19.8 Å². The van der Waals surface area contributed by atoms with Gasteiger partial charge in [0.15, 0.2) is 18.1 Å². The standard InChI is InChI=1S/C18H27NO5/c1-12(2)6-7-13(3)19-17(20)11-24-15-9-8-14(18(21)23-5)10-16(15)22-4/h8-10,12-13H,6-7,11H2,1-5H3,(H,19,20)/t13-/m1/s1. The average molecular weight is 337 g/mol. The molecule has 1 amide bonds. The first-order valence-corrected chi connectivity index (χ1v) is 8.05. The largest absolute Gasteiger partial charge is 0.493 e. The van der Waals surface area contributed by atoms with Crippen LogP contribution in [0.5, 0.6) is 11.5 Å². The van der Waals surface area contributed by atoms with E-state index in [-0.39, 0.29) is 18.6 Å². The van der Waals surface area contributed by atoms with Gasteiger partial charge in [0.1, 0.15) is 0 Å². The molecular formula is C18H27NO5. The molecule has 0 aliphatic carbocycles. The summed E-state index contributed by atoms with van der Waals surface area (Å²) >= 11 is 0. The number of hydrogen-bond acceptors (Lipinski definition) is 5. The van der Waals surface area contributed by atoms with E-state index in [0.29, 0.717) is 23.0 Å². The zero-order valence-electron chi connectivity index (χ0n) is 15.0. The molecule has 1 N–H and O–H groups in total. The van der Waals surface area contributed by atoms with E-state index in [1.807, 2.05) is 6.92 Å². The van der Waals surface area contributed by atoms with Crippen LogP contribution in [0.2, 0.25) is 0 Å². The fourth-order valence-corrected chi connectivity index (χ4v) is 2.15. The SMILES string of the molecule is COC(=O)c1ccc(OCC(=O)N[C@H](C)CCC(C)C)c(OC)c1. The number of carbonyl (C=O) groups is 2. The van der Waals surface area contributed by atoms with Gasteiger partial charge in [0.2, 0.25) is 0 Å². The van der Waals surface area contributed by atoms with E-state index >= 15 is 0 Å². The Balaban J connectivity index is 2.57. The third kappa shape index (κ3) is 6.48. The first-order valence-electron chi connectivity index (χ1n) is 8.05. The Hall–Kier alpha value is -2.24. The Labute approximate surface area is 143 Å². The first kappa shape index (κ1) is 19.8. The molecule has 0 spiro atoms. The lowest BCUT2D eigenvalue weighted by molar-refractivity contribution is -0.123. The molecule has 0 aliphatic rings. The van der Waals surface area contributed by atoms with Crippen molar-refractivity contribution in [1.82, 2.24) is 5.32 Å². The summed E-state index contributed by atoms with van der Waals surface area (Å²) in [5.41, 5.74) is 0.355. The molecule has 24 heavy (non-hydrogen) atoms. The van der Waals surface area contributed by atoms with Crippen molar-refractivity contribution in [2.75, 3.05) is 20.8 Å². The van der Waals surface area contributed by atoms with Crippen molar-refractivity contribution in [2.24, 2.45) is 5.92 Å². The maximum absolute atomic E-state index is 11.9. The minimum absolute atomic E-state index is 0.104. The van der Waals surface area contributed by atoms with Gasteiger partial charge in [-0.1, -0.05) is 13.8 Å². The highest BCUT2D eigenvalue weighted by Crippen LogP contribution is 2.28. The second kappa shape index (κ2) is 9.80. The lowest BCUT2D eigenvalue weighted by Crippen LogP contribution is -2.36. The maximum Gasteiger partial charge on any atom is 0.337 e. The van der Waals surface area contributed by atoms with Gasteiger partial charge < -0.3 is 19.5 Å². The van der Waals surface area contributed by atoms with E-state index in [1.54, 1.807) is 12.1 Å². The molecule has 1 rings (SSSR count). The molecule has 0 bridgehead atoms. The molecule has 1 aromatic rings. The van der Waals surface area contributed by atoms with E-state index < -0.39 is 5.97 Å². The minimum atomic E-state index is -0.462. The predicted octanol–water partition coefficient (Wildman–Crippen LogP) is 2.80. The van der Waals surface area contributed by atoms with Gasteiger partial charge in [0.25, 0.3) is 5.91 Å². The summed E-state index contributed by atoms with van der Waals surface area (Å²) < 4.78 is 15.3. The van der Waals surface area contributed by atoms with E-state index in [9.17, 15) is 9.59 Å². The molecule has 0 aromatic heterocycles. The molecular weight excluding hydrogens is 310 g/mol. The fourth-order valence-electron chi connectivity index (χ4n) is 2.15. The van der Waals surface area contributed by atoms with Gasteiger partial charge in [-0.3, -0.25) is 4.79 Å². The normalized spacial score (nSPS) is 11.8. The molecule has 134 valence electrons. The number of esters is 1. The van der Waals surface area contributed by atoms with Crippen molar-refractivity contribution < 1.29 is 23.8 Å². The summed E-state index contributed by atoms with van der Waals surface area (Å²) in [5, 5.41) is 2.90. The lowest BCUT2D eigenvalue weighted by Gasteiger charge is -2.16. The molecule has 0 saturated heterocycles. The number of nitrogens with one attached hydrogen (secondary N) is 1. The highest BCUT2D eigenvalue weighted by molar-refractivity contribution is 5.90. The summed E-state index contributed by atoms with van der Waals surface area (Å²) in [6, 6.07) is 4.77. The van der Waals surface area contributed by atoms with E-state index in [4.69, 9.17) is 9.47 Å². The molecule has 0 unspecified atom stereocenters. The van der Waals surface area contributed by atoms with Crippen LogP contribution in [0.1, 0.15) is 44.0 Å². The third-order valence-electron chi connectivity index (χ3n) is 3.53. The van der Waals surface area contributed by atoms with Gasteiger partial charge >= 0.3 is 5.97 Å². The minimum Gasteiger partial charge on any atom is -0.493 e. The van der Waals surface area contributed by atoms with Crippen molar-refractivity contribution in [1.29, 1.82) is 0 Å². The van der Waals surface area contributed by atoms with Crippen LogP contribution in [-0.4, -0.2) is 38.7 Å². The van der Waals surface area contributed by atoms with Crippen LogP contribution in [0.4, 0.5) is 0 Å². The second-order valence-electron chi connectivity index (χ2n) is 6.09. The third-order valence-corrected chi connectivity index (χ3v) is 3.53. The van der Waals surface area contributed by atoms with Gasteiger partial charge in [0, 0.05) is 6.04 Å². The maximum atomic E-state index is 11.9. The van der Waals surface area contributed by atoms with Gasteiger partial charge in [-0.15, -0.1) is 0 Å². The van der Waals surface area contributed by atoms with Crippen LogP contribution in [0.25, 0.3) is 0 Å². The van der Waals surface area contributed by atoms with Crippen molar-refractivity contribution in [3.05, 3.63) is 23.8 Å². The predicted molar refractivity (Wildman–Crippen MR) is 91.5 cm³/mol. The van der Waals surface area contributed by atoms with Crippen molar-refractivity contribution in [3.8, 4) is 11.5 Å². The van der Waals surface area contributed by atoms with E-state index in [1.165, 1.54) is 20.3 Å². The van der Waals surface area contributed by atoms with Crippen LogP contribution in [0, 0.1) is 5.92 Å². The highest BCUT2D eigenvalue weighted by Gasteiger charge is 2.13. The zero-order chi connectivity index (χ0) is 18.1. The van der Waals surface area contributed by atoms with E-state index in [2.05, 4.69) is 23.9 Å². The van der Waals surface area contributed by atoms with Crippen LogP contribution < -0.4 is 14.8 Å². The van der Waals surface area contributed by atoms with E-state index in [0.717, 1.165) is 12.8 Å². The smallest absolute Gasteiger partial charge is 0.337 e. The molecule has 0 fully saturated rings. The van der Waals surface area contributed by atoms with Crippen molar-refractivity contribution in [2.45, 2.75) is 39.7 Å². The summed E-state index contributed by atoms with van der Waals surface area (Å²) in [4.78, 5) is 23.4. The second-order valence-corrected chi connectivity index (χ2v) is 6.09. The molecule has 1 atom stereocenters. The highest BCUT2D eigenvalue weighted by atomic mass is 16.5. The Morgan fingerprint density at radius 3 is 2.38 bits per heavy atom. The summed E-state index contributed by atoms with van der Waals surface area (Å²) in [7, 11) is 2.78. The average Bonchev–Trinajstić information content (AvgIpc) is 2.57. The number of amides is 1. The summed E-state index contributed by atoms with van der Waals surface area (Å²) in [6.45, 7) is 6.18. The summed E-state index contributed by atoms with van der Waals surface area (Å²) in [6.07, 6.45) is 1.99. The fraction of sp³-hybridized carbons (Fsp3) is 0.556. The number of carbonyl (C=O) groups excluding carboxylic acids is 2. The number of hydrogen-bond donors (Lipinski definition) is 1. The first-order chi connectivity index (χ1) is 11.4. The summed E-state index contributed by atoms with van der Waals surface area (Å²) in [5.74, 6) is 0.730. The zero-order valence-corrected chi connectivity index (χ0v) is 15.0. The quantitative estimate of drug-likeness (QED) is 0.701. The molecule has 0 saturated carbocycles. The Kier molecular flexibility index (Phi) is 8.09. The molecule has 6 heteroatoms. The number of ether oxygens (including phenoxy) is 3. The molecule has 6 nitrogen and oxygen atoms in total. The monoisotopic (exact) mass is 337 g/mol. The van der Waals surface area contributed by atoms with Crippen LogP contribution in [-0.2, 0) is 9.53 Å². The number of methoxy groups -OCH3 is 2. The lowest BCUT2D eigenvalue weighted by atomic mass is 10.0. The van der Waals surface area contributed by atoms with Gasteiger partial charge in [-0.2, -0.15) is 0 Å². The van der Waals surface area contributed by atoms with Gasteiger partial charge in [-0.05, 0) is 43.9 Å². The molecule has 0 radical (unpaired) electrons.